The van der Waals surface area contributed by atoms with E-state index < -0.39 is 0 Å². The summed E-state index contributed by atoms with van der Waals surface area (Å²) in [5.41, 5.74) is 0.446. The third kappa shape index (κ3) is 3.20. The number of hydrogen-bond donors (Lipinski definition) is 1. The number of nitrogens with one attached hydrogen (secondary N) is 1. The smallest absolute Gasteiger partial charge is 0.147 e. The zero-order valence-electron chi connectivity index (χ0n) is 7.31. The Bertz CT molecular complexity index is 280. The lowest BCUT2D eigenvalue weighted by molar-refractivity contribution is 0.210. The molecule has 0 bridgehead atoms. The van der Waals surface area contributed by atoms with Gasteiger partial charge in [-0.15, -0.1) is 0 Å². The standard InChI is InChI=1S/C9H11ClFNO/c1-13-5-4-12-9-3-2-7(10)6-8(9)11/h2-3,6,12H,4-5H2,1H3. The second-order valence-electron chi connectivity index (χ2n) is 2.54. The van der Waals surface area contributed by atoms with Gasteiger partial charge in [0.15, 0.2) is 0 Å². The molecule has 0 aliphatic heterocycles. The Morgan fingerprint density at radius 1 is 1.54 bits per heavy atom. The highest BCUT2D eigenvalue weighted by atomic mass is 35.5. The van der Waals surface area contributed by atoms with Crippen LogP contribution in [0.1, 0.15) is 0 Å². The SMILES string of the molecule is COCCNc1ccc(Cl)cc1F. The third-order valence-corrected chi connectivity index (χ3v) is 1.79. The van der Waals surface area contributed by atoms with Gasteiger partial charge in [0.25, 0.3) is 0 Å². The van der Waals surface area contributed by atoms with E-state index in [-0.39, 0.29) is 5.82 Å². The number of methoxy groups -OCH3 is 1. The topological polar surface area (TPSA) is 21.3 Å². The van der Waals surface area contributed by atoms with Gasteiger partial charge in [-0.25, -0.2) is 4.39 Å². The summed E-state index contributed by atoms with van der Waals surface area (Å²) in [4.78, 5) is 0. The normalized spacial score (nSPS) is 10.1. The number of halogens is 2. The number of ether oxygens (including phenoxy) is 1. The van der Waals surface area contributed by atoms with Crippen LogP contribution in [0.4, 0.5) is 10.1 Å². The number of benzene rings is 1. The van der Waals surface area contributed by atoms with Crippen LogP contribution in [0.25, 0.3) is 0 Å². The van der Waals surface area contributed by atoms with Gasteiger partial charge in [-0.2, -0.15) is 0 Å². The van der Waals surface area contributed by atoms with Gasteiger partial charge >= 0.3 is 0 Å². The van der Waals surface area contributed by atoms with Gasteiger partial charge in [0, 0.05) is 18.7 Å². The molecule has 4 heteroatoms. The first-order valence-corrected chi connectivity index (χ1v) is 4.29. The summed E-state index contributed by atoms with van der Waals surface area (Å²) in [6, 6.07) is 4.52. The molecule has 1 N–H and O–H groups in total. The monoisotopic (exact) mass is 203 g/mol. The molecule has 0 aliphatic rings. The van der Waals surface area contributed by atoms with Gasteiger partial charge in [-0.1, -0.05) is 11.6 Å². The van der Waals surface area contributed by atoms with Crippen molar-refractivity contribution < 1.29 is 9.13 Å². The molecular weight excluding hydrogens is 193 g/mol. The van der Waals surface area contributed by atoms with Crippen molar-refractivity contribution in [2.75, 3.05) is 25.6 Å². The largest absolute Gasteiger partial charge is 0.383 e. The van der Waals surface area contributed by atoms with Crippen LogP contribution in [0.2, 0.25) is 5.02 Å². The highest BCUT2D eigenvalue weighted by molar-refractivity contribution is 6.30. The molecule has 0 unspecified atom stereocenters. The van der Waals surface area contributed by atoms with Crippen LogP contribution < -0.4 is 5.32 Å². The molecule has 0 heterocycles. The lowest BCUT2D eigenvalue weighted by Gasteiger charge is -2.06. The maximum absolute atomic E-state index is 13.1. The molecule has 1 aromatic carbocycles. The molecule has 0 radical (unpaired) electrons. The molecule has 1 aromatic rings. The summed E-state index contributed by atoms with van der Waals surface area (Å²) in [6.45, 7) is 1.12. The molecule has 2 nitrogen and oxygen atoms in total. The zero-order chi connectivity index (χ0) is 9.68. The molecule has 0 amide bonds. The molecule has 0 saturated heterocycles. The van der Waals surface area contributed by atoms with Gasteiger partial charge in [0.2, 0.25) is 0 Å². The first kappa shape index (κ1) is 10.3. The van der Waals surface area contributed by atoms with Crippen LogP contribution in [0.5, 0.6) is 0 Å². The van der Waals surface area contributed by atoms with Crippen molar-refractivity contribution in [2.24, 2.45) is 0 Å². The molecule has 0 saturated carbocycles. The molecule has 72 valence electrons. The summed E-state index contributed by atoms with van der Waals surface area (Å²) in [5, 5.41) is 3.28. The van der Waals surface area contributed by atoms with E-state index in [9.17, 15) is 4.39 Å². The highest BCUT2D eigenvalue weighted by Gasteiger charge is 2.00. The Balaban J connectivity index is 2.56. The Morgan fingerprint density at radius 2 is 2.31 bits per heavy atom. The van der Waals surface area contributed by atoms with Gasteiger partial charge in [-0.3, -0.25) is 0 Å². The van der Waals surface area contributed by atoms with Crippen LogP contribution in [0.3, 0.4) is 0 Å². The number of rotatable bonds is 4. The van der Waals surface area contributed by atoms with Crippen molar-refractivity contribution in [3.05, 3.63) is 29.0 Å². The summed E-state index contributed by atoms with van der Waals surface area (Å²) >= 11 is 5.59. The Labute approximate surface area is 81.7 Å². The van der Waals surface area contributed by atoms with Crippen molar-refractivity contribution in [3.8, 4) is 0 Å². The molecule has 0 atom stereocenters. The maximum atomic E-state index is 13.1. The van der Waals surface area contributed by atoms with Crippen molar-refractivity contribution >= 4 is 17.3 Å². The van der Waals surface area contributed by atoms with Crippen molar-refractivity contribution in [2.45, 2.75) is 0 Å². The third-order valence-electron chi connectivity index (χ3n) is 1.55. The van der Waals surface area contributed by atoms with Crippen LogP contribution in [0.15, 0.2) is 18.2 Å². The van der Waals surface area contributed by atoms with Gasteiger partial charge in [-0.05, 0) is 18.2 Å². The predicted molar refractivity (Wildman–Crippen MR) is 51.8 cm³/mol. The quantitative estimate of drug-likeness (QED) is 0.760. The average Bonchev–Trinajstić information content (AvgIpc) is 2.09. The van der Waals surface area contributed by atoms with E-state index in [2.05, 4.69) is 5.32 Å². The first-order chi connectivity index (χ1) is 6.24. The van der Waals surface area contributed by atoms with Crippen LogP contribution in [-0.2, 0) is 4.74 Å². The fourth-order valence-corrected chi connectivity index (χ4v) is 1.08. The molecule has 0 spiro atoms. The minimum Gasteiger partial charge on any atom is -0.383 e. The van der Waals surface area contributed by atoms with E-state index in [1.54, 1.807) is 19.2 Å². The van der Waals surface area contributed by atoms with Gasteiger partial charge in [0.1, 0.15) is 5.82 Å². The van der Waals surface area contributed by atoms with Crippen molar-refractivity contribution in [1.29, 1.82) is 0 Å². The van der Waals surface area contributed by atoms with Crippen LogP contribution in [0, 0.1) is 5.82 Å². The lowest BCUT2D eigenvalue weighted by atomic mass is 10.3. The van der Waals surface area contributed by atoms with Crippen molar-refractivity contribution in [3.63, 3.8) is 0 Å². The second kappa shape index (κ2) is 5.04. The summed E-state index contributed by atoms with van der Waals surface area (Å²) in [5.74, 6) is -0.344. The van der Waals surface area contributed by atoms with E-state index in [4.69, 9.17) is 16.3 Å². The number of anilines is 1. The van der Waals surface area contributed by atoms with E-state index >= 15 is 0 Å². The highest BCUT2D eigenvalue weighted by Crippen LogP contribution is 2.18. The molecule has 0 aliphatic carbocycles. The Morgan fingerprint density at radius 3 is 2.92 bits per heavy atom. The van der Waals surface area contributed by atoms with E-state index in [0.29, 0.717) is 23.9 Å². The van der Waals surface area contributed by atoms with E-state index in [1.165, 1.54) is 6.07 Å². The van der Waals surface area contributed by atoms with E-state index in [1.807, 2.05) is 0 Å². The summed E-state index contributed by atoms with van der Waals surface area (Å²) < 4.78 is 17.9. The second-order valence-corrected chi connectivity index (χ2v) is 2.98. The minimum absolute atomic E-state index is 0.344. The van der Waals surface area contributed by atoms with Crippen LogP contribution in [-0.4, -0.2) is 20.3 Å². The van der Waals surface area contributed by atoms with Gasteiger partial charge in [0.05, 0.1) is 12.3 Å². The van der Waals surface area contributed by atoms with E-state index in [0.717, 1.165) is 0 Å². The molecule has 1 rings (SSSR count). The summed E-state index contributed by atoms with van der Waals surface area (Å²) in [7, 11) is 1.60. The zero-order valence-corrected chi connectivity index (χ0v) is 8.07. The van der Waals surface area contributed by atoms with Gasteiger partial charge < -0.3 is 10.1 Å². The maximum Gasteiger partial charge on any atom is 0.147 e. The fraction of sp³-hybridized carbons (Fsp3) is 0.333. The molecule has 13 heavy (non-hydrogen) atoms. The molecule has 0 aromatic heterocycles. The minimum atomic E-state index is -0.344. The van der Waals surface area contributed by atoms with Crippen molar-refractivity contribution in [1.82, 2.24) is 0 Å². The molecule has 0 fully saturated rings. The predicted octanol–water partition coefficient (Wildman–Crippen LogP) is 2.54. The summed E-state index contributed by atoms with van der Waals surface area (Å²) in [6.07, 6.45) is 0. The molecular formula is C9H11ClFNO. The first-order valence-electron chi connectivity index (χ1n) is 3.92. The lowest BCUT2D eigenvalue weighted by Crippen LogP contribution is -2.08. The fourth-order valence-electron chi connectivity index (χ4n) is 0.921. The Kier molecular flexibility index (Phi) is 3.99. The average molecular weight is 204 g/mol. The Hall–Kier alpha value is -0.800. The number of hydrogen-bond acceptors (Lipinski definition) is 2. The van der Waals surface area contributed by atoms with Crippen LogP contribution >= 0.6 is 11.6 Å².